The van der Waals surface area contributed by atoms with Crippen molar-refractivity contribution in [2.24, 2.45) is 11.8 Å². The molecule has 148 valence electrons. The Labute approximate surface area is 168 Å². The third-order valence-corrected chi connectivity index (χ3v) is 5.53. The van der Waals surface area contributed by atoms with Crippen LogP contribution in [0.15, 0.2) is 48.5 Å². The van der Waals surface area contributed by atoms with E-state index < -0.39 is 0 Å². The van der Waals surface area contributed by atoms with Crippen LogP contribution in [0.2, 0.25) is 0 Å². The maximum Gasteiger partial charge on any atom is 0.228 e. The highest BCUT2D eigenvalue weighted by Crippen LogP contribution is 2.41. The number of carbonyl (C=O) groups excluding carboxylic acids is 2. The molecular formula is C22H21FN4O2. The summed E-state index contributed by atoms with van der Waals surface area (Å²) < 4.78 is 14.0. The molecule has 0 spiro atoms. The number of nitrogens with one attached hydrogen (secondary N) is 1. The minimum atomic E-state index is -0.362. The molecule has 2 aliphatic rings. The lowest BCUT2D eigenvalue weighted by atomic mass is 10.2. The summed E-state index contributed by atoms with van der Waals surface area (Å²) in [5.41, 5.74) is 1.42. The second kappa shape index (κ2) is 7.92. The molecule has 7 heteroatoms. The van der Waals surface area contributed by atoms with E-state index in [1.807, 2.05) is 11.0 Å². The number of rotatable bonds is 4. The first kappa shape index (κ1) is 18.9. The zero-order valence-corrected chi connectivity index (χ0v) is 15.8. The Kier molecular flexibility index (Phi) is 5.17. The number of para-hydroxylation sites is 2. The van der Waals surface area contributed by atoms with Crippen molar-refractivity contribution < 1.29 is 14.0 Å². The second-order valence-corrected chi connectivity index (χ2v) is 7.36. The number of benzene rings is 2. The number of hydrogen-bond donors (Lipinski definition) is 1. The molecule has 0 bridgehead atoms. The van der Waals surface area contributed by atoms with Gasteiger partial charge in [0.05, 0.1) is 28.8 Å². The van der Waals surface area contributed by atoms with Crippen molar-refractivity contribution in [3.63, 3.8) is 0 Å². The molecule has 1 saturated heterocycles. The minimum Gasteiger partial charge on any atom is -0.366 e. The summed E-state index contributed by atoms with van der Waals surface area (Å²) in [4.78, 5) is 28.9. The number of hydrogen-bond acceptors (Lipinski definition) is 4. The van der Waals surface area contributed by atoms with Crippen molar-refractivity contribution in [2.75, 3.05) is 36.4 Å². The van der Waals surface area contributed by atoms with Gasteiger partial charge in [0.15, 0.2) is 0 Å². The van der Waals surface area contributed by atoms with Gasteiger partial charge in [-0.05, 0) is 30.7 Å². The van der Waals surface area contributed by atoms with Crippen molar-refractivity contribution in [1.82, 2.24) is 4.90 Å². The van der Waals surface area contributed by atoms with Crippen LogP contribution in [0.25, 0.3) is 0 Å². The van der Waals surface area contributed by atoms with E-state index in [0.29, 0.717) is 49.5 Å². The second-order valence-electron chi connectivity index (χ2n) is 7.36. The van der Waals surface area contributed by atoms with E-state index in [2.05, 4.69) is 5.32 Å². The Morgan fingerprint density at radius 3 is 2.41 bits per heavy atom. The van der Waals surface area contributed by atoms with Gasteiger partial charge in [0.1, 0.15) is 11.9 Å². The average Bonchev–Trinajstić information content (AvgIpc) is 3.55. The molecule has 2 aromatic rings. The van der Waals surface area contributed by atoms with Crippen LogP contribution in [0.5, 0.6) is 0 Å². The molecule has 29 heavy (non-hydrogen) atoms. The van der Waals surface area contributed by atoms with Crippen molar-refractivity contribution in [1.29, 1.82) is 5.26 Å². The largest absolute Gasteiger partial charge is 0.366 e. The van der Waals surface area contributed by atoms with Crippen LogP contribution in [0, 0.1) is 29.0 Å². The first-order valence-electron chi connectivity index (χ1n) is 9.66. The highest BCUT2D eigenvalue weighted by Gasteiger charge is 2.49. The van der Waals surface area contributed by atoms with Crippen LogP contribution in [0.1, 0.15) is 12.0 Å². The molecule has 1 aliphatic carbocycles. The Morgan fingerprint density at radius 1 is 1.00 bits per heavy atom. The summed E-state index contributed by atoms with van der Waals surface area (Å²) in [6, 6.07) is 15.5. The first-order valence-corrected chi connectivity index (χ1v) is 9.66. The Morgan fingerprint density at radius 2 is 1.69 bits per heavy atom. The molecule has 1 saturated carbocycles. The molecule has 2 aromatic carbocycles. The van der Waals surface area contributed by atoms with E-state index in [9.17, 15) is 14.0 Å². The van der Waals surface area contributed by atoms with Crippen molar-refractivity contribution in [3.8, 4) is 6.07 Å². The first-order chi connectivity index (χ1) is 14.1. The quantitative estimate of drug-likeness (QED) is 0.868. The van der Waals surface area contributed by atoms with Crippen molar-refractivity contribution in [3.05, 3.63) is 59.9 Å². The monoisotopic (exact) mass is 392 g/mol. The fourth-order valence-electron chi connectivity index (χ4n) is 3.78. The van der Waals surface area contributed by atoms with Gasteiger partial charge in [0, 0.05) is 26.2 Å². The third kappa shape index (κ3) is 3.92. The number of carbonyl (C=O) groups is 2. The maximum atomic E-state index is 14.0. The van der Waals surface area contributed by atoms with Gasteiger partial charge in [-0.25, -0.2) is 4.39 Å². The van der Waals surface area contributed by atoms with Gasteiger partial charge in [-0.3, -0.25) is 9.59 Å². The molecule has 2 fully saturated rings. The molecule has 1 N–H and O–H groups in total. The molecule has 4 rings (SSSR count). The SMILES string of the molecule is N#Cc1ccccc1NC(=O)C1CC1C(=O)N1CCN(c2ccccc2F)CC1. The van der Waals surface area contributed by atoms with Gasteiger partial charge in [-0.2, -0.15) is 5.26 Å². The summed E-state index contributed by atoms with van der Waals surface area (Å²) in [6.45, 7) is 2.14. The van der Waals surface area contributed by atoms with E-state index in [1.165, 1.54) is 6.07 Å². The van der Waals surface area contributed by atoms with Crippen LogP contribution >= 0.6 is 0 Å². The van der Waals surface area contributed by atoms with E-state index in [1.54, 1.807) is 47.4 Å². The van der Waals surface area contributed by atoms with Crippen molar-refractivity contribution >= 4 is 23.2 Å². The smallest absolute Gasteiger partial charge is 0.228 e. The van der Waals surface area contributed by atoms with Gasteiger partial charge in [0.2, 0.25) is 11.8 Å². The molecule has 2 amide bonds. The standard InChI is InChI=1S/C22H21FN4O2/c23-18-6-2-4-8-20(18)26-9-11-27(12-10-26)22(29)17-13-16(17)21(28)25-19-7-3-1-5-15(19)14-24/h1-8,16-17H,9-13H2,(H,25,28). The normalized spacial score (nSPS) is 20.7. The van der Waals surface area contributed by atoms with Crippen molar-refractivity contribution in [2.45, 2.75) is 6.42 Å². The van der Waals surface area contributed by atoms with Gasteiger partial charge in [0.25, 0.3) is 0 Å². The molecule has 6 nitrogen and oxygen atoms in total. The number of amides is 2. The zero-order chi connectivity index (χ0) is 20.4. The molecule has 0 aromatic heterocycles. The van der Waals surface area contributed by atoms with E-state index >= 15 is 0 Å². The summed E-state index contributed by atoms with van der Waals surface area (Å²) in [6.07, 6.45) is 0.521. The van der Waals surface area contributed by atoms with Gasteiger partial charge >= 0.3 is 0 Å². The molecule has 2 atom stereocenters. The molecular weight excluding hydrogens is 371 g/mol. The van der Waals surface area contributed by atoms with Gasteiger partial charge in [-0.15, -0.1) is 0 Å². The summed E-state index contributed by atoms with van der Waals surface area (Å²) in [7, 11) is 0. The summed E-state index contributed by atoms with van der Waals surface area (Å²) in [5, 5.41) is 11.9. The lowest BCUT2D eigenvalue weighted by molar-refractivity contribution is -0.134. The number of piperazine rings is 1. The topological polar surface area (TPSA) is 76.4 Å². The fourth-order valence-corrected chi connectivity index (χ4v) is 3.78. The lowest BCUT2D eigenvalue weighted by Gasteiger charge is -2.36. The van der Waals surface area contributed by atoms with Crippen LogP contribution in [-0.4, -0.2) is 42.9 Å². The number of anilines is 2. The van der Waals surface area contributed by atoms with Crippen LogP contribution < -0.4 is 10.2 Å². The van der Waals surface area contributed by atoms with E-state index in [0.717, 1.165) is 0 Å². The highest BCUT2D eigenvalue weighted by atomic mass is 19.1. The fraction of sp³-hybridized carbons (Fsp3) is 0.318. The summed E-state index contributed by atoms with van der Waals surface area (Å²) >= 11 is 0. The van der Waals surface area contributed by atoms with E-state index in [4.69, 9.17) is 5.26 Å². The minimum absolute atomic E-state index is 0.0214. The summed E-state index contributed by atoms with van der Waals surface area (Å²) in [5.74, 6) is -1.19. The maximum absolute atomic E-state index is 14.0. The predicted molar refractivity (Wildman–Crippen MR) is 107 cm³/mol. The van der Waals surface area contributed by atoms with E-state index in [-0.39, 0.29) is 29.5 Å². The Bertz CT molecular complexity index is 979. The lowest BCUT2D eigenvalue weighted by Crippen LogP contribution is -2.49. The zero-order valence-electron chi connectivity index (χ0n) is 15.8. The molecule has 0 radical (unpaired) electrons. The van der Waals surface area contributed by atoms with Gasteiger partial charge in [-0.1, -0.05) is 24.3 Å². The molecule has 2 unspecified atom stereocenters. The Hall–Kier alpha value is -3.40. The molecule has 1 heterocycles. The average molecular weight is 392 g/mol. The Balaban J connectivity index is 1.31. The number of nitriles is 1. The molecule has 1 aliphatic heterocycles. The van der Waals surface area contributed by atoms with Gasteiger partial charge < -0.3 is 15.1 Å². The number of halogens is 1. The highest BCUT2D eigenvalue weighted by molar-refractivity contribution is 6.00. The van der Waals surface area contributed by atoms with Crippen LogP contribution in [0.4, 0.5) is 15.8 Å². The number of nitrogens with zero attached hydrogens (tertiary/aromatic N) is 3. The van der Waals surface area contributed by atoms with Crippen LogP contribution in [-0.2, 0) is 9.59 Å². The third-order valence-electron chi connectivity index (χ3n) is 5.53. The predicted octanol–water partition coefficient (Wildman–Crippen LogP) is 2.62. The van der Waals surface area contributed by atoms with Crippen LogP contribution in [0.3, 0.4) is 0 Å².